The van der Waals surface area contributed by atoms with Crippen molar-refractivity contribution >= 4 is 23.2 Å². The van der Waals surface area contributed by atoms with Gasteiger partial charge in [0.05, 0.1) is 12.2 Å². The van der Waals surface area contributed by atoms with Gasteiger partial charge >= 0.3 is 0 Å². The first-order valence-electron chi connectivity index (χ1n) is 6.31. The second kappa shape index (κ2) is 5.02. The molecule has 0 bridgehead atoms. The summed E-state index contributed by atoms with van der Waals surface area (Å²) < 4.78 is 5.66. The van der Waals surface area contributed by atoms with Crippen LogP contribution in [0.4, 0.5) is 5.69 Å². The third kappa shape index (κ3) is 3.19. The Kier molecular flexibility index (Phi) is 3.74. The van der Waals surface area contributed by atoms with Gasteiger partial charge < -0.3 is 15.8 Å². The number of ether oxygens (including phenoxy) is 1. The van der Waals surface area contributed by atoms with Gasteiger partial charge in [0.25, 0.3) is 0 Å². The van der Waals surface area contributed by atoms with E-state index >= 15 is 0 Å². The zero-order chi connectivity index (χ0) is 14.1. The van der Waals surface area contributed by atoms with Crippen molar-refractivity contribution in [2.45, 2.75) is 37.8 Å². The SMILES string of the molecule is CC1(C)CC(Nc2cccc(Cl)c2)(C(N)=O)CCO1. The monoisotopic (exact) mass is 282 g/mol. The number of carbonyl (C=O) groups excluding carboxylic acids is 1. The van der Waals surface area contributed by atoms with E-state index in [2.05, 4.69) is 5.32 Å². The summed E-state index contributed by atoms with van der Waals surface area (Å²) in [6.07, 6.45) is 1.08. The fraction of sp³-hybridized carbons (Fsp3) is 0.500. The van der Waals surface area contributed by atoms with Gasteiger partial charge in [-0.1, -0.05) is 17.7 Å². The summed E-state index contributed by atoms with van der Waals surface area (Å²) in [7, 11) is 0. The molecule has 1 aliphatic rings. The number of amides is 1. The zero-order valence-corrected chi connectivity index (χ0v) is 12.0. The standard InChI is InChI=1S/C14H19ClN2O2/c1-13(2)9-14(12(16)18,6-7-19-13)17-11-5-3-4-10(15)8-11/h3-5,8,17H,6-7,9H2,1-2H3,(H2,16,18). The predicted molar refractivity (Wildman–Crippen MR) is 76.3 cm³/mol. The van der Waals surface area contributed by atoms with Gasteiger partial charge in [0.15, 0.2) is 0 Å². The molecule has 1 fully saturated rings. The van der Waals surface area contributed by atoms with Crippen LogP contribution in [0, 0.1) is 0 Å². The largest absolute Gasteiger partial charge is 0.375 e. The van der Waals surface area contributed by atoms with Gasteiger partial charge in [0, 0.05) is 23.6 Å². The summed E-state index contributed by atoms with van der Waals surface area (Å²) in [6, 6.07) is 7.29. The van der Waals surface area contributed by atoms with Gasteiger partial charge in [-0.2, -0.15) is 0 Å². The molecular weight excluding hydrogens is 264 g/mol. The maximum absolute atomic E-state index is 11.9. The van der Waals surface area contributed by atoms with E-state index < -0.39 is 5.54 Å². The molecule has 1 saturated heterocycles. The first kappa shape index (κ1) is 14.2. The average molecular weight is 283 g/mol. The van der Waals surface area contributed by atoms with Gasteiger partial charge in [-0.3, -0.25) is 4.79 Å². The highest BCUT2D eigenvalue weighted by Crippen LogP contribution is 2.35. The summed E-state index contributed by atoms with van der Waals surface area (Å²) in [4.78, 5) is 11.9. The molecule has 1 aromatic carbocycles. The van der Waals surface area contributed by atoms with Crippen LogP contribution in [-0.2, 0) is 9.53 Å². The van der Waals surface area contributed by atoms with Gasteiger partial charge in [0.2, 0.25) is 5.91 Å². The van der Waals surface area contributed by atoms with E-state index in [1.165, 1.54) is 0 Å². The summed E-state index contributed by atoms with van der Waals surface area (Å²) in [6.45, 7) is 4.43. The lowest BCUT2D eigenvalue weighted by molar-refractivity contribution is -0.133. The van der Waals surface area contributed by atoms with Crippen molar-refractivity contribution in [3.05, 3.63) is 29.3 Å². The van der Waals surface area contributed by atoms with Crippen LogP contribution in [0.25, 0.3) is 0 Å². The number of hydrogen-bond acceptors (Lipinski definition) is 3. The minimum Gasteiger partial charge on any atom is -0.375 e. The molecule has 0 saturated carbocycles. The number of nitrogens with one attached hydrogen (secondary N) is 1. The van der Waals surface area contributed by atoms with Gasteiger partial charge in [-0.15, -0.1) is 0 Å². The Morgan fingerprint density at radius 2 is 2.21 bits per heavy atom. The first-order valence-corrected chi connectivity index (χ1v) is 6.68. The van der Waals surface area contributed by atoms with Crippen LogP contribution in [0.15, 0.2) is 24.3 Å². The lowest BCUT2D eigenvalue weighted by Crippen LogP contribution is -2.58. The Labute approximate surface area is 118 Å². The molecule has 3 N–H and O–H groups in total. The maximum Gasteiger partial charge on any atom is 0.243 e. The molecule has 1 heterocycles. The van der Waals surface area contributed by atoms with Crippen molar-refractivity contribution in [1.29, 1.82) is 0 Å². The van der Waals surface area contributed by atoms with Crippen LogP contribution in [-0.4, -0.2) is 23.7 Å². The van der Waals surface area contributed by atoms with Crippen LogP contribution in [0.5, 0.6) is 0 Å². The summed E-state index contributed by atoms with van der Waals surface area (Å²) in [5.41, 5.74) is 5.25. The zero-order valence-electron chi connectivity index (χ0n) is 11.2. The highest BCUT2D eigenvalue weighted by atomic mass is 35.5. The minimum atomic E-state index is -0.785. The van der Waals surface area contributed by atoms with E-state index in [1.807, 2.05) is 26.0 Å². The topological polar surface area (TPSA) is 64.3 Å². The Hall–Kier alpha value is -1.26. The van der Waals surface area contributed by atoms with E-state index in [0.29, 0.717) is 24.5 Å². The molecule has 1 unspecified atom stereocenters. The lowest BCUT2D eigenvalue weighted by Gasteiger charge is -2.43. The molecule has 0 spiro atoms. The van der Waals surface area contributed by atoms with E-state index in [9.17, 15) is 4.79 Å². The summed E-state index contributed by atoms with van der Waals surface area (Å²) >= 11 is 5.96. The van der Waals surface area contributed by atoms with E-state index in [4.69, 9.17) is 22.1 Å². The van der Waals surface area contributed by atoms with Crippen LogP contribution < -0.4 is 11.1 Å². The van der Waals surface area contributed by atoms with Crippen molar-refractivity contribution in [2.75, 3.05) is 11.9 Å². The minimum absolute atomic E-state index is 0.358. The van der Waals surface area contributed by atoms with Gasteiger partial charge in [-0.25, -0.2) is 0 Å². The number of anilines is 1. The highest BCUT2D eigenvalue weighted by molar-refractivity contribution is 6.30. The predicted octanol–water partition coefficient (Wildman–Crippen LogP) is 2.57. The molecule has 1 aromatic rings. The second-order valence-corrected chi connectivity index (χ2v) is 6.05. The first-order chi connectivity index (χ1) is 8.83. The molecule has 104 valence electrons. The molecule has 1 atom stereocenters. The Morgan fingerprint density at radius 1 is 1.47 bits per heavy atom. The molecule has 1 aliphatic heterocycles. The molecule has 1 amide bonds. The number of primary amides is 1. The second-order valence-electron chi connectivity index (χ2n) is 5.62. The maximum atomic E-state index is 11.9. The van der Waals surface area contributed by atoms with E-state index in [0.717, 1.165) is 5.69 Å². The van der Waals surface area contributed by atoms with Gasteiger partial charge in [-0.05, 0) is 32.0 Å². The molecule has 5 heteroatoms. The van der Waals surface area contributed by atoms with Crippen LogP contribution in [0.2, 0.25) is 5.02 Å². The van der Waals surface area contributed by atoms with Gasteiger partial charge in [0.1, 0.15) is 5.54 Å². The van der Waals surface area contributed by atoms with Crippen LogP contribution in [0.3, 0.4) is 0 Å². The normalized spacial score (nSPS) is 25.8. The Balaban J connectivity index is 2.28. The smallest absolute Gasteiger partial charge is 0.243 e. The molecule has 0 aromatic heterocycles. The molecule has 4 nitrogen and oxygen atoms in total. The van der Waals surface area contributed by atoms with Crippen molar-refractivity contribution in [3.8, 4) is 0 Å². The van der Waals surface area contributed by atoms with Crippen molar-refractivity contribution in [2.24, 2.45) is 5.73 Å². The molecule has 19 heavy (non-hydrogen) atoms. The Morgan fingerprint density at radius 3 is 2.79 bits per heavy atom. The summed E-state index contributed by atoms with van der Waals surface area (Å²) in [5.74, 6) is -0.358. The summed E-state index contributed by atoms with van der Waals surface area (Å²) in [5, 5.41) is 3.87. The fourth-order valence-electron chi connectivity index (χ4n) is 2.59. The number of hydrogen-bond donors (Lipinski definition) is 2. The molecular formula is C14H19ClN2O2. The number of carbonyl (C=O) groups is 1. The molecule has 0 radical (unpaired) electrons. The van der Waals surface area contributed by atoms with Crippen molar-refractivity contribution < 1.29 is 9.53 Å². The Bertz CT molecular complexity index is 490. The quantitative estimate of drug-likeness (QED) is 0.895. The number of rotatable bonds is 3. The lowest BCUT2D eigenvalue weighted by atomic mass is 9.80. The average Bonchev–Trinajstić information content (AvgIpc) is 2.27. The molecule has 0 aliphatic carbocycles. The third-order valence-corrected chi connectivity index (χ3v) is 3.66. The van der Waals surface area contributed by atoms with Crippen molar-refractivity contribution in [3.63, 3.8) is 0 Å². The fourth-order valence-corrected chi connectivity index (χ4v) is 2.78. The van der Waals surface area contributed by atoms with E-state index in [1.54, 1.807) is 12.1 Å². The highest BCUT2D eigenvalue weighted by Gasteiger charge is 2.45. The molecule has 2 rings (SSSR count). The third-order valence-electron chi connectivity index (χ3n) is 3.43. The van der Waals surface area contributed by atoms with Crippen LogP contribution in [0.1, 0.15) is 26.7 Å². The number of benzene rings is 1. The number of nitrogens with two attached hydrogens (primary N) is 1. The van der Waals surface area contributed by atoms with Crippen LogP contribution >= 0.6 is 11.6 Å². The van der Waals surface area contributed by atoms with Crippen molar-refractivity contribution in [1.82, 2.24) is 0 Å². The number of halogens is 1. The van der Waals surface area contributed by atoms with E-state index in [-0.39, 0.29) is 11.5 Å².